The van der Waals surface area contributed by atoms with Gasteiger partial charge in [-0.3, -0.25) is 0 Å². The van der Waals surface area contributed by atoms with Gasteiger partial charge in [-0.2, -0.15) is 0 Å². The van der Waals surface area contributed by atoms with Gasteiger partial charge in [-0.15, -0.1) is 0 Å². The Morgan fingerprint density at radius 2 is 2.05 bits per heavy atom. The van der Waals surface area contributed by atoms with Crippen LogP contribution in [0.4, 0.5) is 0 Å². The quantitative estimate of drug-likeness (QED) is 0.915. The fraction of sp³-hybridized carbons (Fsp3) is 0.600. The molecule has 0 saturated heterocycles. The molecule has 1 aliphatic carbocycles. The number of hydrogen-bond donors (Lipinski definition) is 1. The molecule has 3 atom stereocenters. The van der Waals surface area contributed by atoms with E-state index in [1.807, 2.05) is 12.1 Å². The van der Waals surface area contributed by atoms with E-state index < -0.39 is 6.10 Å². The third-order valence-electron chi connectivity index (χ3n) is 3.64. The van der Waals surface area contributed by atoms with Crippen LogP contribution in [0.3, 0.4) is 0 Å². The normalized spacial score (nSPS) is 25.1. The molecule has 1 aromatic rings. The van der Waals surface area contributed by atoms with Crippen LogP contribution in [0.5, 0.6) is 5.75 Å². The molecule has 1 saturated carbocycles. The summed E-state index contributed by atoms with van der Waals surface area (Å²) in [5.41, 5.74) is 0.802. The molecule has 2 rings (SSSR count). The molecule has 3 nitrogen and oxygen atoms in total. The summed E-state index contributed by atoms with van der Waals surface area (Å²) in [6.07, 6.45) is 4.10. The van der Waals surface area contributed by atoms with Crippen LogP contribution in [-0.4, -0.2) is 24.4 Å². The Hall–Kier alpha value is -0.770. The Morgan fingerprint density at radius 3 is 2.68 bits per heavy atom. The molecule has 19 heavy (non-hydrogen) atoms. The van der Waals surface area contributed by atoms with E-state index >= 15 is 0 Å². The third-order valence-corrected chi connectivity index (χ3v) is 3.94. The minimum Gasteiger partial charge on any atom is -0.489 e. The van der Waals surface area contributed by atoms with Crippen LogP contribution in [-0.2, 0) is 4.74 Å². The largest absolute Gasteiger partial charge is 0.489 e. The van der Waals surface area contributed by atoms with Crippen molar-refractivity contribution in [2.45, 2.75) is 50.9 Å². The smallest absolute Gasteiger partial charge is 0.138 e. The van der Waals surface area contributed by atoms with Crippen molar-refractivity contribution in [1.82, 2.24) is 0 Å². The van der Waals surface area contributed by atoms with Crippen LogP contribution in [0, 0.1) is 0 Å². The average molecular weight is 285 g/mol. The van der Waals surface area contributed by atoms with Crippen molar-refractivity contribution >= 4 is 11.6 Å². The van der Waals surface area contributed by atoms with E-state index in [9.17, 15) is 5.11 Å². The molecule has 4 heteroatoms. The van der Waals surface area contributed by atoms with Gasteiger partial charge in [-0.1, -0.05) is 17.7 Å². The summed E-state index contributed by atoms with van der Waals surface area (Å²) >= 11 is 6.20. The Balaban J connectivity index is 2.02. The van der Waals surface area contributed by atoms with Crippen LogP contribution < -0.4 is 4.74 Å². The lowest BCUT2D eigenvalue weighted by atomic mass is 9.95. The molecule has 2 unspecified atom stereocenters. The second kappa shape index (κ2) is 6.60. The summed E-state index contributed by atoms with van der Waals surface area (Å²) in [5, 5.41) is 10.1. The van der Waals surface area contributed by atoms with Crippen molar-refractivity contribution in [3.8, 4) is 5.75 Å². The van der Waals surface area contributed by atoms with Gasteiger partial charge in [0.05, 0.1) is 17.2 Å². The fourth-order valence-corrected chi connectivity index (χ4v) is 2.71. The number of methoxy groups -OCH3 is 1. The van der Waals surface area contributed by atoms with E-state index in [1.54, 1.807) is 20.1 Å². The summed E-state index contributed by atoms with van der Waals surface area (Å²) in [4.78, 5) is 0. The highest BCUT2D eigenvalue weighted by Gasteiger charge is 2.23. The minimum atomic E-state index is -0.515. The number of aliphatic hydroxyl groups is 1. The van der Waals surface area contributed by atoms with Crippen LogP contribution in [0.15, 0.2) is 18.2 Å². The van der Waals surface area contributed by atoms with Crippen molar-refractivity contribution in [1.29, 1.82) is 0 Å². The van der Waals surface area contributed by atoms with Crippen molar-refractivity contribution in [2.75, 3.05) is 7.11 Å². The topological polar surface area (TPSA) is 38.7 Å². The Bertz CT molecular complexity index is 420. The molecular formula is C15H21ClO3. The van der Waals surface area contributed by atoms with Gasteiger partial charge in [0.2, 0.25) is 0 Å². The first kappa shape index (κ1) is 14.6. The molecule has 1 aliphatic rings. The maximum Gasteiger partial charge on any atom is 0.138 e. The number of hydrogen-bond acceptors (Lipinski definition) is 3. The molecule has 1 fully saturated rings. The standard InChI is InChI=1S/C15H21ClO3/c1-10(17)11-6-7-15(14(16)8-11)19-13-5-3-4-12(9-13)18-2/h6-8,10,12-13,17H,3-5,9H2,1-2H3/t10-,12?,13?/m1/s1. The molecule has 1 aromatic carbocycles. The third kappa shape index (κ3) is 3.85. The highest BCUT2D eigenvalue weighted by molar-refractivity contribution is 6.32. The first-order valence-corrected chi connectivity index (χ1v) is 7.15. The predicted molar refractivity (Wildman–Crippen MR) is 75.8 cm³/mol. The number of ether oxygens (including phenoxy) is 2. The minimum absolute atomic E-state index is 0.161. The lowest BCUT2D eigenvalue weighted by molar-refractivity contribution is 0.0210. The second-order valence-electron chi connectivity index (χ2n) is 5.13. The van der Waals surface area contributed by atoms with E-state index in [1.165, 1.54) is 0 Å². The average Bonchev–Trinajstić information content (AvgIpc) is 2.41. The molecule has 0 amide bonds. The molecule has 0 heterocycles. The van der Waals surface area contributed by atoms with Crippen LogP contribution >= 0.6 is 11.6 Å². The zero-order valence-corrected chi connectivity index (χ0v) is 12.2. The Morgan fingerprint density at radius 1 is 1.32 bits per heavy atom. The van der Waals surface area contributed by atoms with Crippen LogP contribution in [0.2, 0.25) is 5.02 Å². The van der Waals surface area contributed by atoms with E-state index in [4.69, 9.17) is 21.1 Å². The maximum atomic E-state index is 9.51. The first-order valence-electron chi connectivity index (χ1n) is 6.77. The molecule has 0 radical (unpaired) electrons. The second-order valence-corrected chi connectivity index (χ2v) is 5.54. The molecule has 1 N–H and O–H groups in total. The maximum absolute atomic E-state index is 9.51. The first-order chi connectivity index (χ1) is 9.10. The molecular weight excluding hydrogens is 264 g/mol. The van der Waals surface area contributed by atoms with Gasteiger partial charge in [-0.25, -0.2) is 0 Å². The highest BCUT2D eigenvalue weighted by Crippen LogP contribution is 2.31. The summed E-state index contributed by atoms with van der Waals surface area (Å²) in [5.74, 6) is 0.688. The van der Waals surface area contributed by atoms with E-state index in [2.05, 4.69) is 0 Å². The zero-order chi connectivity index (χ0) is 13.8. The van der Waals surface area contributed by atoms with Crippen molar-refractivity contribution < 1.29 is 14.6 Å². The fourth-order valence-electron chi connectivity index (χ4n) is 2.48. The number of benzene rings is 1. The molecule has 0 bridgehead atoms. The van der Waals surface area contributed by atoms with E-state index in [-0.39, 0.29) is 12.2 Å². The van der Waals surface area contributed by atoms with Crippen LogP contribution in [0.25, 0.3) is 0 Å². The van der Waals surface area contributed by atoms with Gasteiger partial charge in [0.15, 0.2) is 0 Å². The van der Waals surface area contributed by atoms with Crippen molar-refractivity contribution in [2.24, 2.45) is 0 Å². The van der Waals surface area contributed by atoms with Gasteiger partial charge in [0.25, 0.3) is 0 Å². The predicted octanol–water partition coefficient (Wildman–Crippen LogP) is 3.73. The summed E-state index contributed by atoms with van der Waals surface area (Å²) in [6.45, 7) is 1.72. The molecule has 0 aromatic heterocycles. The lowest BCUT2D eigenvalue weighted by Crippen LogP contribution is -2.29. The SMILES string of the molecule is COC1CCCC(Oc2ccc([C@@H](C)O)cc2Cl)C1. The number of rotatable bonds is 4. The highest BCUT2D eigenvalue weighted by atomic mass is 35.5. The Labute approximate surface area is 119 Å². The summed E-state index contributed by atoms with van der Waals surface area (Å²) in [7, 11) is 1.75. The molecule has 0 aliphatic heterocycles. The Kier molecular flexibility index (Phi) is 5.08. The number of aliphatic hydroxyl groups excluding tert-OH is 1. The van der Waals surface area contributed by atoms with Gasteiger partial charge in [0.1, 0.15) is 11.9 Å². The zero-order valence-electron chi connectivity index (χ0n) is 11.4. The van der Waals surface area contributed by atoms with E-state index in [0.717, 1.165) is 31.2 Å². The summed E-state index contributed by atoms with van der Waals surface area (Å²) < 4.78 is 11.4. The molecule has 106 valence electrons. The van der Waals surface area contributed by atoms with Gasteiger partial charge in [0, 0.05) is 13.5 Å². The van der Waals surface area contributed by atoms with Gasteiger partial charge in [-0.05, 0) is 43.9 Å². The van der Waals surface area contributed by atoms with E-state index in [0.29, 0.717) is 10.8 Å². The van der Waals surface area contributed by atoms with Gasteiger partial charge >= 0.3 is 0 Å². The monoisotopic (exact) mass is 284 g/mol. The van der Waals surface area contributed by atoms with Crippen LogP contribution in [0.1, 0.15) is 44.3 Å². The lowest BCUT2D eigenvalue weighted by Gasteiger charge is -2.29. The molecule has 0 spiro atoms. The van der Waals surface area contributed by atoms with Crippen molar-refractivity contribution in [3.63, 3.8) is 0 Å². The summed E-state index contributed by atoms with van der Waals surface area (Å²) in [6, 6.07) is 5.45. The van der Waals surface area contributed by atoms with Gasteiger partial charge < -0.3 is 14.6 Å². The number of halogens is 1. The van der Waals surface area contributed by atoms with Crippen molar-refractivity contribution in [3.05, 3.63) is 28.8 Å².